The molecular weight excluding hydrogens is 404 g/mol. The zero-order valence-electron chi connectivity index (χ0n) is 16.8. The second-order valence-corrected chi connectivity index (χ2v) is 8.88. The Kier molecular flexibility index (Phi) is 4.32. The maximum Gasteiger partial charge on any atom is 0.229 e. The maximum atomic E-state index is 13.1. The van der Waals surface area contributed by atoms with E-state index in [0.717, 1.165) is 68.0 Å². The maximum absolute atomic E-state index is 13.1. The van der Waals surface area contributed by atoms with E-state index in [4.69, 9.17) is 10.1 Å². The van der Waals surface area contributed by atoms with Gasteiger partial charge in [-0.05, 0) is 47.7 Å². The highest BCUT2D eigenvalue weighted by atomic mass is 32.1. The lowest BCUT2D eigenvalue weighted by atomic mass is 10.0. The topological polar surface area (TPSA) is 59.8 Å². The van der Waals surface area contributed by atoms with Gasteiger partial charge in [-0.3, -0.25) is 4.79 Å². The highest BCUT2D eigenvalue weighted by Gasteiger charge is 2.25. The summed E-state index contributed by atoms with van der Waals surface area (Å²) in [5.41, 5.74) is 4.19. The van der Waals surface area contributed by atoms with Crippen LogP contribution in [0.4, 0.5) is 5.82 Å². The molecule has 6 rings (SSSR count). The normalized spacial score (nSPS) is 13.0. The van der Waals surface area contributed by atoms with Gasteiger partial charge in [0, 0.05) is 5.56 Å². The third-order valence-corrected chi connectivity index (χ3v) is 6.87. The first-order chi connectivity index (χ1) is 15.3. The summed E-state index contributed by atoms with van der Waals surface area (Å²) >= 11 is 1.59. The molecular formula is C25H20N4OS. The van der Waals surface area contributed by atoms with E-state index in [9.17, 15) is 4.79 Å². The van der Waals surface area contributed by atoms with Crippen LogP contribution in [0.2, 0.25) is 0 Å². The quantitative estimate of drug-likeness (QED) is 0.426. The molecule has 0 saturated carbocycles. The van der Waals surface area contributed by atoms with Crippen molar-refractivity contribution in [1.29, 1.82) is 0 Å². The van der Waals surface area contributed by atoms with Crippen LogP contribution in [0.3, 0.4) is 0 Å². The number of hydrogen-bond acceptors (Lipinski definition) is 4. The van der Waals surface area contributed by atoms with Crippen molar-refractivity contribution in [2.24, 2.45) is 0 Å². The fraction of sp³-hybridized carbons (Fsp3) is 0.160. The monoisotopic (exact) mass is 424 g/mol. The average Bonchev–Trinajstić information content (AvgIpc) is 3.49. The predicted molar refractivity (Wildman–Crippen MR) is 125 cm³/mol. The van der Waals surface area contributed by atoms with E-state index in [0.29, 0.717) is 6.42 Å². The van der Waals surface area contributed by atoms with E-state index in [2.05, 4.69) is 29.6 Å². The van der Waals surface area contributed by atoms with Crippen LogP contribution in [0, 0.1) is 0 Å². The molecule has 1 aliphatic carbocycles. The number of benzene rings is 3. The zero-order valence-corrected chi connectivity index (χ0v) is 17.7. The van der Waals surface area contributed by atoms with Gasteiger partial charge in [0.15, 0.2) is 0 Å². The molecule has 6 heteroatoms. The average molecular weight is 425 g/mol. The first kappa shape index (κ1) is 18.3. The summed E-state index contributed by atoms with van der Waals surface area (Å²) in [5, 5.41) is 11.0. The minimum Gasteiger partial charge on any atom is -0.310 e. The van der Waals surface area contributed by atoms with Gasteiger partial charge in [-0.25, -0.2) is 4.98 Å². The minimum absolute atomic E-state index is 0.0340. The Morgan fingerprint density at radius 3 is 2.77 bits per heavy atom. The molecule has 0 unspecified atom stereocenters. The molecule has 0 saturated heterocycles. The fourth-order valence-electron chi connectivity index (χ4n) is 4.41. The molecule has 0 fully saturated rings. The summed E-state index contributed by atoms with van der Waals surface area (Å²) in [7, 11) is 0. The lowest BCUT2D eigenvalue weighted by Gasteiger charge is -2.10. The molecule has 5 nitrogen and oxygen atoms in total. The third-order valence-electron chi connectivity index (χ3n) is 5.86. The molecule has 0 spiro atoms. The van der Waals surface area contributed by atoms with Gasteiger partial charge < -0.3 is 5.32 Å². The predicted octanol–water partition coefficient (Wildman–Crippen LogP) is 5.31. The van der Waals surface area contributed by atoms with E-state index in [-0.39, 0.29) is 5.91 Å². The number of thiazole rings is 1. The van der Waals surface area contributed by atoms with Crippen LogP contribution in [0.15, 0.2) is 66.7 Å². The standard InChI is InChI=1S/C25H20N4OS/c30-23(15-17-9-5-8-16-7-1-2-10-18(16)17)27-24-19-11-6-13-20(19)28-29(24)25-26-21-12-3-4-14-22(21)31-25/h1-5,7-10,12,14H,6,11,13,15H2,(H,27,30). The Balaban J connectivity index is 1.36. The van der Waals surface area contributed by atoms with Gasteiger partial charge >= 0.3 is 0 Å². The highest BCUT2D eigenvalue weighted by molar-refractivity contribution is 7.20. The molecule has 31 heavy (non-hydrogen) atoms. The van der Waals surface area contributed by atoms with Crippen molar-refractivity contribution >= 4 is 44.1 Å². The van der Waals surface area contributed by atoms with E-state index in [1.807, 2.05) is 47.1 Å². The summed E-state index contributed by atoms with van der Waals surface area (Å²) in [6, 6.07) is 22.4. The van der Waals surface area contributed by atoms with Crippen molar-refractivity contribution in [3.63, 3.8) is 0 Å². The van der Waals surface area contributed by atoms with Gasteiger partial charge in [-0.1, -0.05) is 65.9 Å². The Bertz CT molecular complexity index is 1410. The highest BCUT2D eigenvalue weighted by Crippen LogP contribution is 2.34. The first-order valence-corrected chi connectivity index (χ1v) is 11.3. The summed E-state index contributed by atoms with van der Waals surface area (Å²) < 4.78 is 2.94. The molecule has 1 N–H and O–H groups in total. The molecule has 2 heterocycles. The number of carbonyl (C=O) groups excluding carboxylic acids is 1. The molecule has 2 aromatic heterocycles. The van der Waals surface area contributed by atoms with Crippen molar-refractivity contribution in [3.8, 4) is 5.13 Å². The van der Waals surface area contributed by atoms with Crippen LogP contribution in [0.1, 0.15) is 23.2 Å². The number of nitrogens with zero attached hydrogens (tertiary/aromatic N) is 3. The van der Waals surface area contributed by atoms with Crippen LogP contribution in [0.5, 0.6) is 0 Å². The van der Waals surface area contributed by atoms with Gasteiger partial charge in [0.05, 0.1) is 22.3 Å². The third kappa shape index (κ3) is 3.20. The smallest absolute Gasteiger partial charge is 0.229 e. The number of carbonyl (C=O) groups is 1. The first-order valence-electron chi connectivity index (χ1n) is 10.5. The number of rotatable bonds is 4. The number of hydrogen-bond donors (Lipinski definition) is 1. The van der Waals surface area contributed by atoms with Crippen LogP contribution >= 0.6 is 11.3 Å². The van der Waals surface area contributed by atoms with E-state index < -0.39 is 0 Å². The molecule has 0 bridgehead atoms. The van der Waals surface area contributed by atoms with E-state index in [1.54, 1.807) is 11.3 Å². The second-order valence-electron chi connectivity index (χ2n) is 7.87. The zero-order chi connectivity index (χ0) is 20.8. The fourth-order valence-corrected chi connectivity index (χ4v) is 5.33. The largest absolute Gasteiger partial charge is 0.310 e. The Morgan fingerprint density at radius 2 is 1.84 bits per heavy atom. The molecule has 0 aliphatic heterocycles. The Hall–Kier alpha value is -3.51. The van der Waals surface area contributed by atoms with Crippen LogP contribution in [0.25, 0.3) is 26.1 Å². The van der Waals surface area contributed by atoms with Crippen LogP contribution in [-0.4, -0.2) is 20.7 Å². The van der Waals surface area contributed by atoms with Crippen molar-refractivity contribution in [3.05, 3.63) is 83.6 Å². The molecule has 3 aromatic carbocycles. The van der Waals surface area contributed by atoms with Crippen molar-refractivity contribution in [1.82, 2.24) is 14.8 Å². The number of aryl methyl sites for hydroxylation is 1. The molecule has 1 aliphatic rings. The number of anilines is 1. The van der Waals surface area contributed by atoms with Crippen LogP contribution in [-0.2, 0) is 24.1 Å². The SMILES string of the molecule is O=C(Cc1cccc2ccccc12)Nc1c2c(nn1-c1nc3ccccc3s1)CCC2. The minimum atomic E-state index is -0.0340. The molecule has 152 valence electrons. The summed E-state index contributed by atoms with van der Waals surface area (Å²) in [6.45, 7) is 0. The lowest BCUT2D eigenvalue weighted by Crippen LogP contribution is -2.18. The number of nitrogens with one attached hydrogen (secondary N) is 1. The summed E-state index contributed by atoms with van der Waals surface area (Å²) in [6.07, 6.45) is 3.27. The van der Waals surface area contributed by atoms with Crippen molar-refractivity contribution in [2.45, 2.75) is 25.7 Å². The Morgan fingerprint density at radius 1 is 1.00 bits per heavy atom. The summed E-state index contributed by atoms with van der Waals surface area (Å²) in [4.78, 5) is 17.9. The van der Waals surface area contributed by atoms with E-state index in [1.165, 1.54) is 0 Å². The molecule has 1 amide bonds. The molecule has 0 atom stereocenters. The number of aromatic nitrogens is 3. The van der Waals surface area contributed by atoms with Crippen molar-refractivity contribution in [2.75, 3.05) is 5.32 Å². The molecule has 0 radical (unpaired) electrons. The van der Waals surface area contributed by atoms with Crippen molar-refractivity contribution < 1.29 is 4.79 Å². The molecule has 5 aromatic rings. The number of para-hydroxylation sites is 1. The van der Waals surface area contributed by atoms with Crippen LogP contribution < -0.4 is 5.32 Å². The summed E-state index contributed by atoms with van der Waals surface area (Å²) in [5.74, 6) is 0.741. The van der Waals surface area contributed by atoms with Gasteiger partial charge in [0.1, 0.15) is 5.82 Å². The van der Waals surface area contributed by atoms with Gasteiger partial charge in [0.2, 0.25) is 11.0 Å². The van der Waals surface area contributed by atoms with Gasteiger partial charge in [-0.2, -0.15) is 9.78 Å². The number of amides is 1. The van der Waals surface area contributed by atoms with Gasteiger partial charge in [0.25, 0.3) is 0 Å². The lowest BCUT2D eigenvalue weighted by molar-refractivity contribution is -0.115. The second kappa shape index (κ2) is 7.32. The van der Waals surface area contributed by atoms with E-state index >= 15 is 0 Å². The van der Waals surface area contributed by atoms with Gasteiger partial charge in [-0.15, -0.1) is 0 Å². The number of fused-ring (bicyclic) bond motifs is 3. The Labute approximate surface area is 183 Å².